The minimum atomic E-state index is -0.350. The van der Waals surface area contributed by atoms with Crippen molar-refractivity contribution in [1.29, 1.82) is 0 Å². The molecule has 1 saturated heterocycles. The molecule has 0 aromatic heterocycles. The molecule has 3 aromatic carbocycles. The van der Waals surface area contributed by atoms with Crippen molar-refractivity contribution in [3.63, 3.8) is 0 Å². The number of amides is 2. The first kappa shape index (κ1) is 23.6. The fraction of sp³-hybridized carbons (Fsp3) is 0.120. The number of rotatable bonds is 7. The van der Waals surface area contributed by atoms with Crippen LogP contribution in [0.5, 0.6) is 11.5 Å². The molecule has 3 aromatic rings. The van der Waals surface area contributed by atoms with Crippen molar-refractivity contribution < 1.29 is 19.1 Å². The van der Waals surface area contributed by atoms with E-state index < -0.39 is 0 Å². The van der Waals surface area contributed by atoms with Crippen molar-refractivity contribution in [3.8, 4) is 11.5 Å². The Morgan fingerprint density at radius 2 is 1.64 bits per heavy atom. The van der Waals surface area contributed by atoms with Crippen molar-refractivity contribution in [3.05, 3.63) is 91.7 Å². The second kappa shape index (κ2) is 10.6. The predicted molar refractivity (Wildman–Crippen MR) is 139 cm³/mol. The standard InChI is InChI=1S/C25H19Br2NO4S/c1-2-31-21-12-17(20(27)14-22(21)32-15-16-8-10-18(26)11-9-16)13-23-24(29)28(25(30)33-23)19-6-4-3-5-7-19/h3-14H,2,15H2,1H3/b23-13-. The summed E-state index contributed by atoms with van der Waals surface area (Å²) < 4.78 is 13.5. The average Bonchev–Trinajstić information content (AvgIpc) is 3.09. The van der Waals surface area contributed by atoms with Crippen LogP contribution in [0.15, 0.2) is 80.6 Å². The van der Waals surface area contributed by atoms with Gasteiger partial charge < -0.3 is 9.47 Å². The molecular formula is C25H19Br2NO4S. The van der Waals surface area contributed by atoms with Gasteiger partial charge in [0.05, 0.1) is 17.2 Å². The summed E-state index contributed by atoms with van der Waals surface area (Å²) in [4.78, 5) is 27.0. The minimum Gasteiger partial charge on any atom is -0.490 e. The first-order valence-corrected chi connectivity index (χ1v) is 12.5. The Labute approximate surface area is 213 Å². The van der Waals surface area contributed by atoms with Gasteiger partial charge in [0, 0.05) is 8.95 Å². The number of carbonyl (C=O) groups is 2. The number of para-hydroxylation sites is 1. The Kier molecular flexibility index (Phi) is 7.57. The largest absolute Gasteiger partial charge is 0.490 e. The van der Waals surface area contributed by atoms with Gasteiger partial charge in [0.15, 0.2) is 11.5 Å². The van der Waals surface area contributed by atoms with Crippen LogP contribution in [0.3, 0.4) is 0 Å². The van der Waals surface area contributed by atoms with Crippen molar-refractivity contribution in [2.45, 2.75) is 13.5 Å². The number of hydrogen-bond acceptors (Lipinski definition) is 5. The predicted octanol–water partition coefficient (Wildman–Crippen LogP) is 7.43. The summed E-state index contributed by atoms with van der Waals surface area (Å²) in [6.07, 6.45) is 1.69. The van der Waals surface area contributed by atoms with Crippen molar-refractivity contribution in [1.82, 2.24) is 0 Å². The van der Waals surface area contributed by atoms with Gasteiger partial charge >= 0.3 is 0 Å². The van der Waals surface area contributed by atoms with Gasteiger partial charge in [-0.2, -0.15) is 0 Å². The molecule has 0 spiro atoms. The van der Waals surface area contributed by atoms with E-state index in [4.69, 9.17) is 9.47 Å². The third-order valence-electron chi connectivity index (χ3n) is 4.77. The summed E-state index contributed by atoms with van der Waals surface area (Å²) >= 11 is 7.91. The normalized spacial score (nSPS) is 14.8. The van der Waals surface area contributed by atoms with Crippen LogP contribution in [0.25, 0.3) is 6.08 Å². The summed E-state index contributed by atoms with van der Waals surface area (Å²) in [6, 6.07) is 20.4. The number of ether oxygens (including phenoxy) is 2. The number of nitrogens with zero attached hydrogens (tertiary/aromatic N) is 1. The van der Waals surface area contributed by atoms with Gasteiger partial charge in [0.2, 0.25) is 0 Å². The van der Waals surface area contributed by atoms with Crippen LogP contribution in [-0.2, 0) is 11.4 Å². The third kappa shape index (κ3) is 5.51. The van der Waals surface area contributed by atoms with E-state index in [1.807, 2.05) is 43.3 Å². The zero-order valence-electron chi connectivity index (χ0n) is 17.6. The topological polar surface area (TPSA) is 55.8 Å². The van der Waals surface area contributed by atoms with Gasteiger partial charge in [-0.3, -0.25) is 9.59 Å². The second-order valence-electron chi connectivity index (χ2n) is 7.02. The molecule has 168 valence electrons. The van der Waals surface area contributed by atoms with Crippen molar-refractivity contribution >= 4 is 66.5 Å². The van der Waals surface area contributed by atoms with Crippen LogP contribution in [0.2, 0.25) is 0 Å². The molecule has 0 aliphatic carbocycles. The van der Waals surface area contributed by atoms with Gasteiger partial charge in [-0.25, -0.2) is 4.90 Å². The lowest BCUT2D eigenvalue weighted by molar-refractivity contribution is -0.113. The molecule has 4 rings (SSSR count). The Bertz CT molecular complexity index is 1210. The summed E-state index contributed by atoms with van der Waals surface area (Å²) in [7, 11) is 0. The van der Waals surface area contributed by atoms with Gasteiger partial charge in [-0.1, -0.05) is 62.2 Å². The zero-order valence-corrected chi connectivity index (χ0v) is 21.6. The second-order valence-corrected chi connectivity index (χ2v) is 9.78. The molecule has 0 bridgehead atoms. The summed E-state index contributed by atoms with van der Waals surface area (Å²) in [5.41, 5.74) is 2.29. The maximum Gasteiger partial charge on any atom is 0.298 e. The van der Waals surface area contributed by atoms with Crippen LogP contribution in [-0.4, -0.2) is 17.8 Å². The van der Waals surface area contributed by atoms with Gasteiger partial charge in [-0.15, -0.1) is 0 Å². The Morgan fingerprint density at radius 1 is 0.939 bits per heavy atom. The molecule has 1 fully saturated rings. The smallest absolute Gasteiger partial charge is 0.298 e. The highest BCUT2D eigenvalue weighted by Gasteiger charge is 2.36. The molecule has 0 atom stereocenters. The van der Waals surface area contributed by atoms with E-state index in [1.54, 1.807) is 36.4 Å². The van der Waals surface area contributed by atoms with E-state index in [-0.39, 0.29) is 11.1 Å². The Balaban J connectivity index is 1.59. The summed E-state index contributed by atoms with van der Waals surface area (Å²) in [5, 5.41) is -0.326. The van der Waals surface area contributed by atoms with E-state index in [2.05, 4.69) is 31.9 Å². The van der Waals surface area contributed by atoms with Crippen LogP contribution in [0, 0.1) is 0 Å². The van der Waals surface area contributed by atoms with Gasteiger partial charge in [0.25, 0.3) is 11.1 Å². The van der Waals surface area contributed by atoms with E-state index in [0.717, 1.165) is 26.3 Å². The van der Waals surface area contributed by atoms with Crippen molar-refractivity contribution in [2.24, 2.45) is 0 Å². The van der Waals surface area contributed by atoms with Crippen molar-refractivity contribution in [2.75, 3.05) is 11.5 Å². The Morgan fingerprint density at radius 3 is 2.33 bits per heavy atom. The molecule has 0 N–H and O–H groups in total. The number of benzene rings is 3. The lowest BCUT2D eigenvalue weighted by Gasteiger charge is -2.14. The van der Waals surface area contributed by atoms with E-state index in [1.165, 1.54) is 4.90 Å². The number of halogens is 2. The number of thioether (sulfide) groups is 1. The fourth-order valence-electron chi connectivity index (χ4n) is 3.19. The zero-order chi connectivity index (χ0) is 23.4. The molecule has 0 radical (unpaired) electrons. The van der Waals surface area contributed by atoms with Gasteiger partial charge in [0.1, 0.15) is 6.61 Å². The molecule has 1 aliphatic heterocycles. The molecule has 0 saturated carbocycles. The van der Waals surface area contributed by atoms with Crippen LogP contribution in [0.1, 0.15) is 18.1 Å². The first-order chi connectivity index (χ1) is 16.0. The molecule has 5 nitrogen and oxygen atoms in total. The van der Waals surface area contributed by atoms with Gasteiger partial charge in [-0.05, 0) is 72.3 Å². The summed E-state index contributed by atoms with van der Waals surface area (Å²) in [6.45, 7) is 2.74. The highest BCUT2D eigenvalue weighted by molar-refractivity contribution is 9.10. The molecule has 8 heteroatoms. The third-order valence-corrected chi connectivity index (χ3v) is 6.85. The minimum absolute atomic E-state index is 0.326. The van der Waals surface area contributed by atoms with Crippen LogP contribution < -0.4 is 14.4 Å². The van der Waals surface area contributed by atoms with Crippen LogP contribution >= 0.6 is 43.6 Å². The maximum absolute atomic E-state index is 12.9. The van der Waals surface area contributed by atoms with E-state index in [0.29, 0.717) is 40.9 Å². The van der Waals surface area contributed by atoms with E-state index in [9.17, 15) is 9.59 Å². The molecular weight excluding hydrogens is 570 g/mol. The number of imide groups is 1. The SMILES string of the molecule is CCOc1cc(/C=C2\SC(=O)N(c3ccccc3)C2=O)c(Br)cc1OCc1ccc(Br)cc1. The highest BCUT2D eigenvalue weighted by Crippen LogP contribution is 2.39. The lowest BCUT2D eigenvalue weighted by atomic mass is 10.1. The quantitative estimate of drug-likeness (QED) is 0.269. The first-order valence-electron chi connectivity index (χ1n) is 10.1. The number of hydrogen-bond donors (Lipinski definition) is 0. The molecule has 33 heavy (non-hydrogen) atoms. The molecule has 2 amide bonds. The average molecular weight is 589 g/mol. The fourth-order valence-corrected chi connectivity index (χ4v) is 4.73. The van der Waals surface area contributed by atoms with E-state index >= 15 is 0 Å². The monoisotopic (exact) mass is 587 g/mol. The van der Waals surface area contributed by atoms with Crippen LogP contribution in [0.4, 0.5) is 10.5 Å². The maximum atomic E-state index is 12.9. The number of anilines is 1. The molecule has 1 aliphatic rings. The summed E-state index contributed by atoms with van der Waals surface area (Å²) in [5.74, 6) is 0.796. The lowest BCUT2D eigenvalue weighted by Crippen LogP contribution is -2.27. The molecule has 1 heterocycles. The molecule has 0 unspecified atom stereocenters. The highest BCUT2D eigenvalue weighted by atomic mass is 79.9. The Hall–Kier alpha value is -2.55. The number of carbonyl (C=O) groups excluding carboxylic acids is 2.